The van der Waals surface area contributed by atoms with Crippen LogP contribution in [-0.2, 0) is 6.54 Å². The van der Waals surface area contributed by atoms with Crippen molar-refractivity contribution in [3.05, 3.63) is 114 Å². The molecular weight excluding hydrogens is 376 g/mol. The molecule has 1 unspecified atom stereocenters. The maximum absolute atomic E-state index is 12.9. The molecule has 30 heavy (non-hydrogen) atoms. The first-order valence-electron chi connectivity index (χ1n) is 9.67. The number of hydrogen-bond donors (Lipinski definition) is 1. The van der Waals surface area contributed by atoms with Gasteiger partial charge in [0.15, 0.2) is 5.69 Å². The maximum atomic E-state index is 12.9. The van der Waals surface area contributed by atoms with Crippen LogP contribution in [0.25, 0.3) is 0 Å². The average Bonchev–Trinajstić information content (AvgIpc) is 3.27. The van der Waals surface area contributed by atoms with E-state index in [1.54, 1.807) is 18.0 Å². The Hall–Kier alpha value is -3.93. The van der Waals surface area contributed by atoms with Gasteiger partial charge in [-0.1, -0.05) is 78.0 Å². The first-order chi connectivity index (χ1) is 14.7. The Bertz CT molecular complexity index is 1090. The SMILES string of the molecule is COc1ccc(C(NC(=O)c2cn(Cc3ccccc3)nn2)c2ccccc2)cc1. The lowest BCUT2D eigenvalue weighted by atomic mass is 9.98. The third-order valence-electron chi connectivity index (χ3n) is 4.82. The fourth-order valence-corrected chi connectivity index (χ4v) is 3.26. The van der Waals surface area contributed by atoms with Gasteiger partial charge in [0.2, 0.25) is 0 Å². The molecule has 0 radical (unpaired) electrons. The molecule has 150 valence electrons. The molecule has 1 aromatic heterocycles. The normalized spacial score (nSPS) is 11.6. The summed E-state index contributed by atoms with van der Waals surface area (Å²) < 4.78 is 6.91. The van der Waals surface area contributed by atoms with E-state index in [0.29, 0.717) is 6.54 Å². The van der Waals surface area contributed by atoms with Gasteiger partial charge in [0, 0.05) is 0 Å². The molecule has 0 saturated heterocycles. The first kappa shape index (κ1) is 19.4. The monoisotopic (exact) mass is 398 g/mol. The van der Waals surface area contributed by atoms with Crippen LogP contribution in [0.15, 0.2) is 91.1 Å². The van der Waals surface area contributed by atoms with Gasteiger partial charge >= 0.3 is 0 Å². The summed E-state index contributed by atoms with van der Waals surface area (Å²) in [6.45, 7) is 0.557. The molecule has 0 bridgehead atoms. The Balaban J connectivity index is 1.54. The summed E-state index contributed by atoms with van der Waals surface area (Å²) in [5, 5.41) is 11.2. The number of ether oxygens (including phenoxy) is 1. The Kier molecular flexibility index (Phi) is 5.85. The van der Waals surface area contributed by atoms with Crippen molar-refractivity contribution in [2.45, 2.75) is 12.6 Å². The van der Waals surface area contributed by atoms with Crippen molar-refractivity contribution in [2.24, 2.45) is 0 Å². The van der Waals surface area contributed by atoms with Gasteiger partial charge in [-0.25, -0.2) is 4.68 Å². The Morgan fingerprint density at radius 3 is 2.23 bits per heavy atom. The second kappa shape index (κ2) is 9.05. The van der Waals surface area contributed by atoms with Gasteiger partial charge in [-0.2, -0.15) is 0 Å². The van der Waals surface area contributed by atoms with Gasteiger partial charge in [-0.05, 0) is 28.8 Å². The lowest BCUT2D eigenvalue weighted by Crippen LogP contribution is -2.29. The number of methoxy groups -OCH3 is 1. The number of benzene rings is 3. The zero-order valence-electron chi connectivity index (χ0n) is 16.6. The zero-order chi connectivity index (χ0) is 20.8. The third-order valence-corrected chi connectivity index (χ3v) is 4.82. The van der Waals surface area contributed by atoms with Crippen LogP contribution in [0.3, 0.4) is 0 Å². The highest BCUT2D eigenvalue weighted by atomic mass is 16.5. The number of rotatable bonds is 7. The van der Waals surface area contributed by atoms with Gasteiger partial charge < -0.3 is 10.1 Å². The van der Waals surface area contributed by atoms with Crippen LogP contribution in [-0.4, -0.2) is 28.0 Å². The van der Waals surface area contributed by atoms with E-state index in [0.717, 1.165) is 22.4 Å². The number of nitrogens with one attached hydrogen (secondary N) is 1. The summed E-state index contributed by atoms with van der Waals surface area (Å²) in [6.07, 6.45) is 1.67. The minimum atomic E-state index is -0.316. The van der Waals surface area contributed by atoms with Crippen LogP contribution in [0.2, 0.25) is 0 Å². The molecule has 4 rings (SSSR count). The number of carbonyl (C=O) groups is 1. The highest BCUT2D eigenvalue weighted by molar-refractivity contribution is 5.92. The maximum Gasteiger partial charge on any atom is 0.274 e. The number of hydrogen-bond acceptors (Lipinski definition) is 4. The van der Waals surface area contributed by atoms with Gasteiger partial charge in [-0.15, -0.1) is 5.10 Å². The topological polar surface area (TPSA) is 69.0 Å². The molecular formula is C24H22N4O2. The number of amides is 1. The van der Waals surface area contributed by atoms with Crippen LogP contribution in [0.5, 0.6) is 5.75 Å². The number of carbonyl (C=O) groups excluding carboxylic acids is 1. The van der Waals surface area contributed by atoms with Gasteiger partial charge in [0.05, 0.1) is 25.9 Å². The molecule has 0 fully saturated rings. The molecule has 1 amide bonds. The van der Waals surface area contributed by atoms with Crippen molar-refractivity contribution in [1.82, 2.24) is 20.3 Å². The Morgan fingerprint density at radius 1 is 0.933 bits per heavy atom. The van der Waals surface area contributed by atoms with Crippen molar-refractivity contribution in [2.75, 3.05) is 7.11 Å². The molecule has 4 aromatic rings. The molecule has 0 aliphatic rings. The number of aromatic nitrogens is 3. The van der Waals surface area contributed by atoms with Crippen LogP contribution in [0, 0.1) is 0 Å². The molecule has 0 aliphatic carbocycles. The Labute approximate surface area is 175 Å². The van der Waals surface area contributed by atoms with Crippen molar-refractivity contribution in [3.8, 4) is 5.75 Å². The third kappa shape index (κ3) is 4.55. The molecule has 3 aromatic carbocycles. The fourth-order valence-electron chi connectivity index (χ4n) is 3.26. The molecule has 6 heteroatoms. The quantitative estimate of drug-likeness (QED) is 0.513. The summed E-state index contributed by atoms with van der Waals surface area (Å²) in [5.74, 6) is 0.486. The molecule has 1 atom stereocenters. The summed E-state index contributed by atoms with van der Waals surface area (Å²) in [4.78, 5) is 12.9. The van der Waals surface area contributed by atoms with Gasteiger partial charge in [0.1, 0.15) is 5.75 Å². The summed E-state index contributed by atoms with van der Waals surface area (Å²) >= 11 is 0. The fraction of sp³-hybridized carbons (Fsp3) is 0.125. The van der Waals surface area contributed by atoms with Crippen LogP contribution in [0.4, 0.5) is 0 Å². The van der Waals surface area contributed by atoms with Crippen LogP contribution in [0.1, 0.15) is 33.2 Å². The zero-order valence-corrected chi connectivity index (χ0v) is 16.6. The minimum absolute atomic E-state index is 0.278. The van der Waals surface area contributed by atoms with E-state index in [2.05, 4.69) is 15.6 Å². The largest absolute Gasteiger partial charge is 0.497 e. The van der Waals surface area contributed by atoms with Crippen molar-refractivity contribution >= 4 is 5.91 Å². The molecule has 1 N–H and O–H groups in total. The van der Waals surface area contributed by atoms with E-state index in [-0.39, 0.29) is 17.6 Å². The molecule has 0 saturated carbocycles. The molecule has 1 heterocycles. The van der Waals surface area contributed by atoms with E-state index in [4.69, 9.17) is 4.74 Å². The minimum Gasteiger partial charge on any atom is -0.497 e. The van der Waals surface area contributed by atoms with E-state index >= 15 is 0 Å². The van der Waals surface area contributed by atoms with Crippen molar-refractivity contribution in [3.63, 3.8) is 0 Å². The Morgan fingerprint density at radius 2 is 1.57 bits per heavy atom. The summed E-state index contributed by atoms with van der Waals surface area (Å²) in [7, 11) is 1.63. The second-order valence-electron chi connectivity index (χ2n) is 6.88. The van der Waals surface area contributed by atoms with Crippen LogP contribution >= 0.6 is 0 Å². The summed E-state index contributed by atoms with van der Waals surface area (Å²) in [6, 6.07) is 27.1. The van der Waals surface area contributed by atoms with Crippen LogP contribution < -0.4 is 10.1 Å². The van der Waals surface area contributed by atoms with E-state index in [1.165, 1.54) is 0 Å². The van der Waals surface area contributed by atoms with Crippen molar-refractivity contribution < 1.29 is 9.53 Å². The van der Waals surface area contributed by atoms with Gasteiger partial charge in [0.25, 0.3) is 5.91 Å². The predicted molar refractivity (Wildman–Crippen MR) is 114 cm³/mol. The lowest BCUT2D eigenvalue weighted by molar-refractivity contribution is 0.0938. The standard InChI is InChI=1S/C24H22N4O2/c1-30-21-14-12-20(13-15-21)23(19-10-6-3-7-11-19)25-24(29)22-17-28(27-26-22)16-18-8-4-2-5-9-18/h2-15,17,23H,16H2,1H3,(H,25,29). The molecule has 0 aliphatic heterocycles. The van der Waals surface area contributed by atoms with E-state index < -0.39 is 0 Å². The predicted octanol–water partition coefficient (Wildman–Crippen LogP) is 3.85. The van der Waals surface area contributed by atoms with Gasteiger partial charge in [-0.3, -0.25) is 4.79 Å². The van der Waals surface area contributed by atoms with E-state index in [1.807, 2.05) is 84.9 Å². The van der Waals surface area contributed by atoms with E-state index in [9.17, 15) is 4.79 Å². The number of nitrogens with zero attached hydrogens (tertiary/aromatic N) is 3. The molecule has 6 nitrogen and oxygen atoms in total. The first-order valence-corrected chi connectivity index (χ1v) is 9.67. The highest BCUT2D eigenvalue weighted by Gasteiger charge is 2.20. The molecule has 0 spiro atoms. The smallest absolute Gasteiger partial charge is 0.274 e. The second-order valence-corrected chi connectivity index (χ2v) is 6.88. The lowest BCUT2D eigenvalue weighted by Gasteiger charge is -2.19. The average molecular weight is 398 g/mol. The van der Waals surface area contributed by atoms with Crippen molar-refractivity contribution in [1.29, 1.82) is 0 Å². The summed E-state index contributed by atoms with van der Waals surface area (Å²) in [5.41, 5.74) is 3.30. The highest BCUT2D eigenvalue weighted by Crippen LogP contribution is 2.24.